The van der Waals surface area contributed by atoms with Crippen molar-refractivity contribution in [2.75, 3.05) is 6.54 Å². The highest BCUT2D eigenvalue weighted by atomic mass is 32.2. The molecular weight excluding hydrogens is 500 g/mol. The zero-order chi connectivity index (χ0) is 25.8. The number of hydrogen-bond acceptors (Lipinski definition) is 4. The standard InChI is InChI=1S/C25H26F4N2O4S/c26-17-10-16(20(27)18(12-17)14-4-2-1-3-5-14)11-19-22(30-36(34,35)24(28)29)25(8-9-25)13-31(19)23(33)21(32)15-6-7-15/h1-5,10,12,15,19,21-22,24,30,32H,6-9,11,13H2/t19-,21-,22+/m0/s1. The number of hydrogen-bond donors (Lipinski definition) is 2. The maximum atomic E-state index is 15.6. The van der Waals surface area contributed by atoms with Crippen LogP contribution in [0.5, 0.6) is 0 Å². The lowest BCUT2D eigenvalue weighted by atomic mass is 9.91. The van der Waals surface area contributed by atoms with Gasteiger partial charge >= 0.3 is 5.76 Å². The van der Waals surface area contributed by atoms with Crippen molar-refractivity contribution < 1.29 is 35.9 Å². The molecule has 36 heavy (non-hydrogen) atoms. The summed E-state index contributed by atoms with van der Waals surface area (Å²) >= 11 is 0. The Bertz CT molecular complexity index is 1270. The second-order valence-corrected chi connectivity index (χ2v) is 11.8. The lowest BCUT2D eigenvalue weighted by Crippen LogP contribution is -2.52. The molecule has 0 aromatic heterocycles. The molecule has 2 aromatic carbocycles. The van der Waals surface area contributed by atoms with Crippen molar-refractivity contribution in [1.29, 1.82) is 0 Å². The lowest BCUT2D eigenvalue weighted by molar-refractivity contribution is -0.142. The van der Waals surface area contributed by atoms with Crippen LogP contribution in [-0.4, -0.2) is 54.8 Å². The van der Waals surface area contributed by atoms with Crippen LogP contribution in [-0.2, 0) is 21.2 Å². The summed E-state index contributed by atoms with van der Waals surface area (Å²) < 4.78 is 83.1. The second kappa shape index (κ2) is 9.11. The van der Waals surface area contributed by atoms with Crippen LogP contribution < -0.4 is 4.72 Å². The summed E-state index contributed by atoms with van der Waals surface area (Å²) in [7, 11) is -5.03. The Morgan fingerprint density at radius 1 is 1.14 bits per heavy atom. The fourth-order valence-corrected chi connectivity index (χ4v) is 6.17. The van der Waals surface area contributed by atoms with Crippen LogP contribution in [0.15, 0.2) is 42.5 Å². The molecule has 2 N–H and O–H groups in total. The molecule has 11 heteroatoms. The Kier molecular flexibility index (Phi) is 6.37. The molecule has 3 fully saturated rings. The van der Waals surface area contributed by atoms with Crippen molar-refractivity contribution in [2.24, 2.45) is 11.3 Å². The van der Waals surface area contributed by atoms with Crippen molar-refractivity contribution in [3.8, 4) is 11.1 Å². The van der Waals surface area contributed by atoms with Crippen LogP contribution in [0.3, 0.4) is 0 Å². The number of nitrogens with zero attached hydrogens (tertiary/aromatic N) is 1. The molecule has 0 unspecified atom stereocenters. The molecule has 1 aliphatic heterocycles. The number of sulfonamides is 1. The normalized spacial score (nSPS) is 23.9. The number of carbonyl (C=O) groups excluding carboxylic acids is 1. The third kappa shape index (κ3) is 4.64. The van der Waals surface area contributed by atoms with E-state index in [1.807, 2.05) is 0 Å². The van der Waals surface area contributed by atoms with E-state index in [-0.39, 0.29) is 30.0 Å². The minimum atomic E-state index is -5.03. The number of halogens is 4. The summed E-state index contributed by atoms with van der Waals surface area (Å²) in [5.74, 6) is -6.03. The Balaban J connectivity index is 1.54. The predicted octanol–water partition coefficient (Wildman–Crippen LogP) is 3.45. The number of likely N-dealkylation sites (tertiary alicyclic amines) is 1. The summed E-state index contributed by atoms with van der Waals surface area (Å²) in [6, 6.07) is 8.08. The molecule has 1 heterocycles. The number of alkyl halides is 2. The lowest BCUT2D eigenvalue weighted by Gasteiger charge is -2.31. The molecule has 3 aliphatic rings. The van der Waals surface area contributed by atoms with Crippen LogP contribution in [0.2, 0.25) is 0 Å². The molecule has 1 saturated heterocycles. The zero-order valence-electron chi connectivity index (χ0n) is 19.2. The number of carbonyl (C=O) groups is 1. The van der Waals surface area contributed by atoms with Gasteiger partial charge in [-0.25, -0.2) is 21.9 Å². The van der Waals surface area contributed by atoms with Gasteiger partial charge in [0.15, 0.2) is 0 Å². The Morgan fingerprint density at radius 2 is 1.81 bits per heavy atom. The number of aliphatic hydroxyl groups excluding tert-OH is 1. The van der Waals surface area contributed by atoms with Crippen LogP contribution in [0.25, 0.3) is 11.1 Å². The first-order chi connectivity index (χ1) is 17.0. The molecule has 2 saturated carbocycles. The first kappa shape index (κ1) is 25.2. The van der Waals surface area contributed by atoms with E-state index < -0.39 is 56.9 Å². The summed E-state index contributed by atoms with van der Waals surface area (Å²) in [6.45, 7) is 0.0409. The highest BCUT2D eigenvalue weighted by Crippen LogP contribution is 2.56. The molecule has 1 spiro atoms. The number of rotatable bonds is 8. The minimum Gasteiger partial charge on any atom is -0.383 e. The third-order valence-corrected chi connectivity index (χ3v) is 8.63. The molecule has 5 rings (SSSR count). The molecule has 6 nitrogen and oxygen atoms in total. The van der Waals surface area contributed by atoms with Gasteiger partial charge in [0.25, 0.3) is 15.9 Å². The Hall–Kier alpha value is -2.50. The Labute approximate surface area is 206 Å². The van der Waals surface area contributed by atoms with Crippen molar-refractivity contribution in [3.05, 3.63) is 59.7 Å². The highest BCUT2D eigenvalue weighted by molar-refractivity contribution is 7.89. The van der Waals surface area contributed by atoms with Gasteiger partial charge in [-0.2, -0.15) is 8.78 Å². The average molecular weight is 527 g/mol. The molecular formula is C25H26F4N2O4S. The van der Waals surface area contributed by atoms with Gasteiger partial charge in [-0.15, -0.1) is 0 Å². The van der Waals surface area contributed by atoms with Crippen molar-refractivity contribution in [3.63, 3.8) is 0 Å². The first-order valence-corrected chi connectivity index (χ1v) is 13.4. The van der Waals surface area contributed by atoms with Gasteiger partial charge in [0.05, 0.1) is 6.04 Å². The molecule has 0 bridgehead atoms. The first-order valence-electron chi connectivity index (χ1n) is 11.8. The fraction of sp³-hybridized carbons (Fsp3) is 0.480. The van der Waals surface area contributed by atoms with Gasteiger partial charge < -0.3 is 10.0 Å². The largest absolute Gasteiger partial charge is 0.383 e. The number of nitrogens with one attached hydrogen (secondary N) is 1. The van der Waals surface area contributed by atoms with Gasteiger partial charge in [0, 0.05) is 23.6 Å². The van der Waals surface area contributed by atoms with Crippen LogP contribution >= 0.6 is 0 Å². The molecule has 1 amide bonds. The van der Waals surface area contributed by atoms with Gasteiger partial charge in [0.1, 0.15) is 17.7 Å². The van der Waals surface area contributed by atoms with E-state index in [4.69, 9.17) is 0 Å². The maximum absolute atomic E-state index is 15.6. The van der Waals surface area contributed by atoms with Crippen molar-refractivity contribution in [1.82, 2.24) is 9.62 Å². The quantitative estimate of drug-likeness (QED) is 0.516. The van der Waals surface area contributed by atoms with E-state index in [0.29, 0.717) is 31.2 Å². The van der Waals surface area contributed by atoms with E-state index >= 15 is 4.39 Å². The van der Waals surface area contributed by atoms with Gasteiger partial charge in [-0.3, -0.25) is 4.79 Å². The van der Waals surface area contributed by atoms with E-state index in [2.05, 4.69) is 4.72 Å². The predicted molar refractivity (Wildman–Crippen MR) is 123 cm³/mol. The monoisotopic (exact) mass is 526 g/mol. The van der Waals surface area contributed by atoms with Gasteiger partial charge in [-0.05, 0) is 61.3 Å². The average Bonchev–Trinajstić information content (AvgIpc) is 3.76. The number of amides is 1. The van der Waals surface area contributed by atoms with Gasteiger partial charge in [-0.1, -0.05) is 30.3 Å². The van der Waals surface area contributed by atoms with Gasteiger partial charge in [0.2, 0.25) is 0 Å². The van der Waals surface area contributed by atoms with Crippen LogP contribution in [0.1, 0.15) is 31.2 Å². The molecule has 3 atom stereocenters. The molecule has 2 aliphatic carbocycles. The third-order valence-electron chi connectivity index (χ3n) is 7.58. The topological polar surface area (TPSA) is 86.7 Å². The summed E-state index contributed by atoms with van der Waals surface area (Å²) in [5.41, 5.74) is -0.493. The van der Waals surface area contributed by atoms with Crippen molar-refractivity contribution in [2.45, 2.75) is 56.0 Å². The fourth-order valence-electron chi connectivity index (χ4n) is 5.30. The minimum absolute atomic E-state index is 0.00895. The summed E-state index contributed by atoms with van der Waals surface area (Å²) in [5, 5.41) is 10.5. The smallest absolute Gasteiger partial charge is 0.350 e. The second-order valence-electron chi connectivity index (χ2n) is 10.1. The van der Waals surface area contributed by atoms with E-state index in [1.54, 1.807) is 30.3 Å². The van der Waals surface area contributed by atoms with Crippen molar-refractivity contribution >= 4 is 15.9 Å². The maximum Gasteiger partial charge on any atom is 0.350 e. The molecule has 194 valence electrons. The highest BCUT2D eigenvalue weighted by Gasteiger charge is 2.62. The van der Waals surface area contributed by atoms with E-state index in [0.717, 1.165) is 12.1 Å². The summed E-state index contributed by atoms with van der Waals surface area (Å²) in [4.78, 5) is 14.5. The van der Waals surface area contributed by atoms with E-state index in [1.165, 1.54) is 4.90 Å². The zero-order valence-corrected chi connectivity index (χ0v) is 20.0. The Morgan fingerprint density at radius 3 is 2.39 bits per heavy atom. The summed E-state index contributed by atoms with van der Waals surface area (Å²) in [6.07, 6.45) is 0.651. The number of aliphatic hydroxyl groups is 1. The molecule has 0 radical (unpaired) electrons. The van der Waals surface area contributed by atoms with E-state index in [9.17, 15) is 31.5 Å². The molecule has 2 aromatic rings. The van der Waals surface area contributed by atoms with Crippen LogP contribution in [0, 0.1) is 23.0 Å². The SMILES string of the molecule is O=C([C@@H](O)C1CC1)N1CC2(CC2)[C@H](NS(=O)(=O)C(F)F)[C@@H]1Cc1cc(F)cc(-c2ccccc2)c1F. The number of benzene rings is 2. The van der Waals surface area contributed by atoms with Crippen LogP contribution in [0.4, 0.5) is 17.6 Å².